The molecule has 0 aromatic heterocycles. The van der Waals surface area contributed by atoms with Crippen molar-refractivity contribution in [2.75, 3.05) is 19.1 Å². The SMILES string of the molecule is C[C@H](CCC(=O)OCOC(=O)CCP(=O)(CC(CCC(O)OCc1ccccc1)C(=O)OCc1ccccc1)OCc1ccccc1)C1CCC2C3CC[C@@H]4C[C@H](O)CC[C@]4(C)C3C[C@H](O)[C@@]21C. The van der Waals surface area contributed by atoms with Crippen LogP contribution in [0.25, 0.3) is 0 Å². The van der Waals surface area contributed by atoms with Gasteiger partial charge in [-0.05, 0) is 134 Å². The molecule has 3 N–H and O–H groups in total. The molecule has 0 heterocycles. The Balaban J connectivity index is 0.903. The molecular formula is C55H75O12P. The fourth-order valence-corrected chi connectivity index (χ4v) is 15.2. The van der Waals surface area contributed by atoms with Gasteiger partial charge in [-0.25, -0.2) is 0 Å². The van der Waals surface area contributed by atoms with E-state index in [2.05, 4.69) is 20.8 Å². The molecule has 7 unspecified atom stereocenters. The lowest BCUT2D eigenvalue weighted by atomic mass is 9.43. The van der Waals surface area contributed by atoms with E-state index in [9.17, 15) is 34.3 Å². The van der Waals surface area contributed by atoms with Gasteiger partial charge in [-0.1, -0.05) is 112 Å². The van der Waals surface area contributed by atoms with Crippen LogP contribution >= 0.6 is 7.37 Å². The average molecular weight is 959 g/mol. The summed E-state index contributed by atoms with van der Waals surface area (Å²) in [6.07, 6.45) is 6.26. The molecule has 4 saturated carbocycles. The second-order valence-electron chi connectivity index (χ2n) is 20.9. The Morgan fingerprint density at radius 3 is 1.99 bits per heavy atom. The number of ether oxygens (including phenoxy) is 4. The summed E-state index contributed by atoms with van der Waals surface area (Å²) in [5, 5.41) is 33.2. The van der Waals surface area contributed by atoms with Crippen LogP contribution in [0.1, 0.15) is 121 Å². The minimum absolute atomic E-state index is 0.000164. The van der Waals surface area contributed by atoms with Gasteiger partial charge in [0.15, 0.2) is 6.29 Å². The van der Waals surface area contributed by atoms with Gasteiger partial charge in [0.2, 0.25) is 14.2 Å². The second-order valence-corrected chi connectivity index (χ2v) is 23.6. The minimum Gasteiger partial charge on any atom is -0.461 e. The monoisotopic (exact) mass is 958 g/mol. The fourth-order valence-electron chi connectivity index (χ4n) is 12.9. The molecule has 13 atom stereocenters. The number of aliphatic hydroxyl groups excluding tert-OH is 3. The van der Waals surface area contributed by atoms with Gasteiger partial charge in [0.05, 0.1) is 37.8 Å². The molecule has 0 radical (unpaired) electrons. The third-order valence-corrected chi connectivity index (χ3v) is 19.3. The second kappa shape index (κ2) is 23.8. The van der Waals surface area contributed by atoms with Crippen LogP contribution in [0.5, 0.6) is 0 Å². The first kappa shape index (κ1) is 51.9. The standard InChI is InChI=1S/C55H75O12P/c1-38(46-23-24-47-45-22-21-43-31-44(56)27-29-54(43,2)48(45)32-49(57)55(46,47)3)19-25-51(59)65-37-66-52(60)28-30-68(62,67-35-41-17-11-6-12-18-41)36-42(53(61)64-34-40-15-9-5-10-16-40)20-26-50(58)63-33-39-13-7-4-8-14-39/h4-18,38,42-50,56-58H,19-37H2,1-3H3/t38-,42?,43-,44-,45?,46?,47?,48?,49+,50?,54+,55-,68?/m1/s1. The summed E-state index contributed by atoms with van der Waals surface area (Å²) < 4.78 is 42.9. The first-order valence-corrected chi connectivity index (χ1v) is 27.1. The predicted octanol–water partition coefficient (Wildman–Crippen LogP) is 10.00. The van der Waals surface area contributed by atoms with Crippen LogP contribution in [0.2, 0.25) is 0 Å². The number of benzene rings is 3. The lowest BCUT2D eigenvalue weighted by molar-refractivity contribution is -0.175. The largest absolute Gasteiger partial charge is 0.461 e. The molecule has 0 amide bonds. The van der Waals surface area contributed by atoms with Crippen LogP contribution in [0.4, 0.5) is 0 Å². The van der Waals surface area contributed by atoms with Crippen LogP contribution < -0.4 is 0 Å². The molecule has 4 fully saturated rings. The summed E-state index contributed by atoms with van der Waals surface area (Å²) in [6, 6.07) is 27.8. The van der Waals surface area contributed by atoms with Gasteiger partial charge in [-0.3, -0.25) is 18.9 Å². The van der Waals surface area contributed by atoms with Gasteiger partial charge in [0.1, 0.15) is 6.61 Å². The van der Waals surface area contributed by atoms with Crippen LogP contribution in [-0.4, -0.2) is 70.8 Å². The Morgan fingerprint density at radius 2 is 1.32 bits per heavy atom. The molecule has 0 spiro atoms. The van der Waals surface area contributed by atoms with E-state index in [1.165, 1.54) is 0 Å². The third kappa shape index (κ3) is 13.1. The summed E-state index contributed by atoms with van der Waals surface area (Å²) in [5.41, 5.74) is 2.36. The van der Waals surface area contributed by atoms with Crippen LogP contribution in [-0.2, 0) is 62.2 Å². The molecule has 3 aromatic carbocycles. The summed E-state index contributed by atoms with van der Waals surface area (Å²) in [6.45, 7) is 6.46. The molecule has 13 heteroatoms. The third-order valence-electron chi connectivity index (χ3n) is 16.8. The number of hydrogen-bond acceptors (Lipinski definition) is 12. The van der Waals surface area contributed by atoms with E-state index >= 15 is 0 Å². The highest BCUT2D eigenvalue weighted by molar-refractivity contribution is 7.59. The van der Waals surface area contributed by atoms with Crippen molar-refractivity contribution in [3.63, 3.8) is 0 Å². The van der Waals surface area contributed by atoms with Crippen molar-refractivity contribution >= 4 is 25.3 Å². The number of aliphatic hydroxyl groups is 3. The Labute approximate surface area is 403 Å². The van der Waals surface area contributed by atoms with Crippen molar-refractivity contribution in [2.24, 2.45) is 52.3 Å². The van der Waals surface area contributed by atoms with Crippen molar-refractivity contribution < 1.29 is 57.7 Å². The van der Waals surface area contributed by atoms with Crippen molar-refractivity contribution in [1.29, 1.82) is 0 Å². The highest BCUT2D eigenvalue weighted by atomic mass is 31.2. The normalized spacial score (nSPS) is 29.8. The number of esters is 3. The molecule has 68 heavy (non-hydrogen) atoms. The topological polar surface area (TPSA) is 175 Å². The van der Waals surface area contributed by atoms with Gasteiger partial charge < -0.3 is 38.8 Å². The maximum atomic E-state index is 14.7. The summed E-state index contributed by atoms with van der Waals surface area (Å²) in [5.74, 6) is -0.313. The lowest BCUT2D eigenvalue weighted by Crippen LogP contribution is -2.58. The summed E-state index contributed by atoms with van der Waals surface area (Å²) in [7, 11) is -3.75. The van der Waals surface area contributed by atoms with Crippen molar-refractivity contribution in [1.82, 2.24) is 0 Å². The Kier molecular flexibility index (Phi) is 18.2. The fraction of sp³-hybridized carbons (Fsp3) is 0.618. The van der Waals surface area contributed by atoms with E-state index < -0.39 is 50.4 Å². The van der Waals surface area contributed by atoms with Crippen molar-refractivity contribution in [3.8, 4) is 0 Å². The zero-order valence-electron chi connectivity index (χ0n) is 40.3. The highest BCUT2D eigenvalue weighted by Gasteiger charge is 2.63. The van der Waals surface area contributed by atoms with Gasteiger partial charge >= 0.3 is 17.9 Å². The lowest BCUT2D eigenvalue weighted by Gasteiger charge is -2.62. The van der Waals surface area contributed by atoms with E-state index in [0.29, 0.717) is 30.1 Å². The first-order chi connectivity index (χ1) is 32.7. The highest BCUT2D eigenvalue weighted by Crippen LogP contribution is 2.68. The molecular weight excluding hydrogens is 884 g/mol. The van der Waals surface area contributed by atoms with Crippen LogP contribution in [0.15, 0.2) is 91.0 Å². The molecule has 12 nitrogen and oxygen atoms in total. The van der Waals surface area contributed by atoms with E-state index in [-0.39, 0.29) is 86.6 Å². The molecule has 3 aromatic rings. The molecule has 4 aliphatic carbocycles. The van der Waals surface area contributed by atoms with Gasteiger partial charge in [0, 0.05) is 18.7 Å². The van der Waals surface area contributed by atoms with Gasteiger partial charge in [-0.15, -0.1) is 0 Å². The summed E-state index contributed by atoms with van der Waals surface area (Å²) >= 11 is 0. The maximum Gasteiger partial charge on any atom is 0.309 e. The number of carbonyl (C=O) groups excluding carboxylic acids is 3. The van der Waals surface area contributed by atoms with E-state index in [0.717, 1.165) is 68.1 Å². The summed E-state index contributed by atoms with van der Waals surface area (Å²) in [4.78, 5) is 39.8. The van der Waals surface area contributed by atoms with Gasteiger partial charge in [-0.2, -0.15) is 0 Å². The first-order valence-electron chi connectivity index (χ1n) is 25.1. The van der Waals surface area contributed by atoms with Crippen molar-refractivity contribution in [2.45, 2.75) is 143 Å². The zero-order chi connectivity index (χ0) is 48.3. The van der Waals surface area contributed by atoms with Gasteiger partial charge in [0.25, 0.3) is 0 Å². The number of carbonyl (C=O) groups is 3. The Hall–Kier alpha value is -3.90. The molecule has 372 valence electrons. The molecule has 0 bridgehead atoms. The molecule has 0 aliphatic heterocycles. The molecule has 7 rings (SSSR count). The Bertz CT molecular complexity index is 2120. The van der Waals surface area contributed by atoms with Crippen LogP contribution in [0.3, 0.4) is 0 Å². The predicted molar refractivity (Wildman–Crippen MR) is 257 cm³/mol. The average Bonchev–Trinajstić information content (AvgIpc) is 3.72. The number of fused-ring (bicyclic) bond motifs is 5. The quantitative estimate of drug-likeness (QED) is 0.0467. The van der Waals surface area contributed by atoms with Crippen LogP contribution in [0, 0.1) is 52.3 Å². The smallest absolute Gasteiger partial charge is 0.309 e. The van der Waals surface area contributed by atoms with E-state index in [4.69, 9.17) is 23.5 Å². The van der Waals surface area contributed by atoms with E-state index in [1.54, 1.807) is 0 Å². The zero-order valence-corrected chi connectivity index (χ0v) is 41.2. The number of rotatable bonds is 23. The molecule has 0 saturated heterocycles. The van der Waals surface area contributed by atoms with E-state index in [1.807, 2.05) is 91.0 Å². The van der Waals surface area contributed by atoms with Crippen molar-refractivity contribution in [3.05, 3.63) is 108 Å². The minimum atomic E-state index is -3.75. The number of hydrogen-bond donors (Lipinski definition) is 3. The molecule has 4 aliphatic rings. The maximum absolute atomic E-state index is 14.7. The Morgan fingerprint density at radius 1 is 0.706 bits per heavy atom.